The molecule has 0 aromatic heterocycles. The van der Waals surface area contributed by atoms with Crippen LogP contribution in [-0.4, -0.2) is 48.9 Å². The summed E-state index contributed by atoms with van der Waals surface area (Å²) in [6, 6.07) is 6.62. The first-order valence-corrected chi connectivity index (χ1v) is 6.44. The maximum atomic E-state index is 13.9. The molecule has 1 aromatic carbocycles. The molecule has 1 N–H and O–H groups in total. The van der Waals surface area contributed by atoms with Crippen LogP contribution in [-0.2, 0) is 4.79 Å². The second kappa shape index (κ2) is 5.67. The fourth-order valence-electron chi connectivity index (χ4n) is 2.59. The first kappa shape index (κ1) is 14.0. The van der Waals surface area contributed by atoms with Crippen molar-refractivity contribution in [1.29, 1.82) is 0 Å². The first-order chi connectivity index (χ1) is 9.00. The van der Waals surface area contributed by atoms with Gasteiger partial charge in [-0.05, 0) is 27.1 Å². The van der Waals surface area contributed by atoms with Crippen molar-refractivity contribution in [2.75, 3.05) is 27.2 Å². The molecular weight excluding hydrogens is 245 g/mol. The van der Waals surface area contributed by atoms with Crippen molar-refractivity contribution in [1.82, 2.24) is 15.1 Å². The Labute approximate surface area is 113 Å². The zero-order valence-corrected chi connectivity index (χ0v) is 11.6. The fraction of sp³-hybridized carbons (Fsp3) is 0.500. The van der Waals surface area contributed by atoms with Crippen molar-refractivity contribution in [2.45, 2.75) is 19.1 Å². The van der Waals surface area contributed by atoms with Gasteiger partial charge in [0, 0.05) is 18.2 Å². The smallest absolute Gasteiger partial charge is 0.238 e. The first-order valence-electron chi connectivity index (χ1n) is 6.44. The van der Waals surface area contributed by atoms with Crippen molar-refractivity contribution in [3.63, 3.8) is 0 Å². The summed E-state index contributed by atoms with van der Waals surface area (Å²) in [6.45, 7) is 2.99. The van der Waals surface area contributed by atoms with Gasteiger partial charge in [0.25, 0.3) is 0 Å². The highest BCUT2D eigenvalue weighted by Gasteiger charge is 2.36. The van der Waals surface area contributed by atoms with E-state index < -0.39 is 0 Å². The Bertz CT molecular complexity index is 464. The van der Waals surface area contributed by atoms with Gasteiger partial charge in [-0.15, -0.1) is 0 Å². The van der Waals surface area contributed by atoms with Gasteiger partial charge < -0.3 is 9.80 Å². The molecule has 1 saturated heterocycles. The minimum Gasteiger partial charge on any atom is -0.318 e. The van der Waals surface area contributed by atoms with Crippen LogP contribution in [0.25, 0.3) is 0 Å². The fourth-order valence-corrected chi connectivity index (χ4v) is 2.59. The highest BCUT2D eigenvalue weighted by atomic mass is 19.1. The second-order valence-corrected chi connectivity index (χ2v) is 5.22. The number of hydrogen-bond donors (Lipinski definition) is 1. The van der Waals surface area contributed by atoms with E-state index in [1.165, 1.54) is 6.07 Å². The highest BCUT2D eigenvalue weighted by Crippen LogP contribution is 2.26. The van der Waals surface area contributed by atoms with Crippen LogP contribution in [0.1, 0.15) is 18.7 Å². The lowest BCUT2D eigenvalue weighted by Gasteiger charge is -2.32. The number of amides is 1. The predicted molar refractivity (Wildman–Crippen MR) is 72.0 cm³/mol. The van der Waals surface area contributed by atoms with Gasteiger partial charge in [-0.25, -0.2) is 4.39 Å². The van der Waals surface area contributed by atoms with Gasteiger partial charge in [-0.1, -0.05) is 18.2 Å². The van der Waals surface area contributed by atoms with Gasteiger partial charge in [0.05, 0.1) is 6.54 Å². The molecule has 0 radical (unpaired) electrons. The Morgan fingerprint density at radius 1 is 1.47 bits per heavy atom. The number of hydrogen-bond acceptors (Lipinski definition) is 3. The Hall–Kier alpha value is -1.46. The molecule has 1 aliphatic heterocycles. The molecule has 1 amide bonds. The normalized spacial score (nSPS) is 21.2. The summed E-state index contributed by atoms with van der Waals surface area (Å²) in [4.78, 5) is 15.8. The van der Waals surface area contributed by atoms with Gasteiger partial charge >= 0.3 is 0 Å². The molecule has 2 atom stereocenters. The average Bonchev–Trinajstić information content (AvgIpc) is 2.70. The lowest BCUT2D eigenvalue weighted by atomic mass is 10.1. The lowest BCUT2D eigenvalue weighted by Crippen LogP contribution is -2.43. The van der Waals surface area contributed by atoms with E-state index in [0.29, 0.717) is 5.56 Å². The maximum Gasteiger partial charge on any atom is 0.238 e. The van der Waals surface area contributed by atoms with Crippen molar-refractivity contribution < 1.29 is 9.18 Å². The zero-order valence-electron chi connectivity index (χ0n) is 11.6. The molecule has 0 spiro atoms. The summed E-state index contributed by atoms with van der Waals surface area (Å²) < 4.78 is 13.9. The van der Waals surface area contributed by atoms with Crippen molar-refractivity contribution >= 4 is 5.91 Å². The number of nitrogens with one attached hydrogen (secondary N) is 1. The quantitative estimate of drug-likeness (QED) is 0.888. The molecule has 1 aromatic rings. The third-order valence-electron chi connectivity index (χ3n) is 3.32. The van der Waals surface area contributed by atoms with E-state index in [-0.39, 0.29) is 30.5 Å². The number of rotatable bonds is 4. The molecule has 0 aliphatic carbocycles. The number of nitrogens with zero attached hydrogens (tertiary/aromatic N) is 2. The lowest BCUT2D eigenvalue weighted by molar-refractivity contribution is -0.130. The summed E-state index contributed by atoms with van der Waals surface area (Å²) in [5.74, 6) is -0.264. The summed E-state index contributed by atoms with van der Waals surface area (Å²) in [7, 11) is 3.92. The Morgan fingerprint density at radius 2 is 2.16 bits per heavy atom. The number of halogens is 1. The summed E-state index contributed by atoms with van der Waals surface area (Å²) in [5, 5.41) is 3.09. The van der Waals surface area contributed by atoms with Crippen LogP contribution < -0.4 is 5.32 Å². The largest absolute Gasteiger partial charge is 0.318 e. The summed E-state index contributed by atoms with van der Waals surface area (Å²) in [6.07, 6.45) is -0.372. The molecule has 2 rings (SSSR count). The molecule has 5 heteroatoms. The third kappa shape index (κ3) is 2.93. The van der Waals surface area contributed by atoms with E-state index in [4.69, 9.17) is 0 Å². The van der Waals surface area contributed by atoms with Crippen LogP contribution in [0.4, 0.5) is 4.39 Å². The van der Waals surface area contributed by atoms with Gasteiger partial charge in [0.15, 0.2) is 0 Å². The van der Waals surface area contributed by atoms with Crippen molar-refractivity contribution in [2.24, 2.45) is 0 Å². The van der Waals surface area contributed by atoms with Crippen molar-refractivity contribution in [3.05, 3.63) is 35.6 Å². The standard InChI is InChI=1S/C14H20FN3O/c1-10(9-17(2)3)18-13(19)8-16-14(18)11-6-4-5-7-12(11)15/h4-7,10,14,16H,8-9H2,1-3H3. The van der Waals surface area contributed by atoms with Crippen molar-refractivity contribution in [3.8, 4) is 0 Å². The number of carbonyl (C=O) groups excluding carboxylic acids is 1. The Morgan fingerprint density at radius 3 is 2.79 bits per heavy atom. The minimum absolute atomic E-state index is 0.0163. The molecule has 104 valence electrons. The van der Waals surface area contributed by atoms with E-state index >= 15 is 0 Å². The molecule has 19 heavy (non-hydrogen) atoms. The van der Waals surface area contributed by atoms with Gasteiger partial charge in [0.1, 0.15) is 12.0 Å². The van der Waals surface area contributed by atoms with Crippen LogP contribution in [0.3, 0.4) is 0 Å². The molecule has 2 unspecified atom stereocenters. The number of benzene rings is 1. The average molecular weight is 265 g/mol. The molecule has 1 heterocycles. The molecule has 1 fully saturated rings. The molecule has 1 aliphatic rings. The van der Waals surface area contributed by atoms with Gasteiger partial charge in [-0.2, -0.15) is 0 Å². The monoisotopic (exact) mass is 265 g/mol. The molecule has 0 bridgehead atoms. The summed E-state index contributed by atoms with van der Waals surface area (Å²) in [5.41, 5.74) is 0.527. The highest BCUT2D eigenvalue weighted by molar-refractivity contribution is 5.81. The van der Waals surface area contributed by atoms with Crippen LogP contribution in [0, 0.1) is 5.82 Å². The minimum atomic E-state index is -0.372. The van der Waals surface area contributed by atoms with E-state index in [0.717, 1.165) is 6.54 Å². The van der Waals surface area contributed by atoms with Crippen LogP contribution in [0.2, 0.25) is 0 Å². The molecular formula is C14H20FN3O. The molecule has 0 saturated carbocycles. The maximum absolute atomic E-state index is 13.9. The van der Waals surface area contributed by atoms with Gasteiger partial charge in [0.2, 0.25) is 5.91 Å². The second-order valence-electron chi connectivity index (χ2n) is 5.22. The molecule has 4 nitrogen and oxygen atoms in total. The van der Waals surface area contributed by atoms with E-state index in [1.807, 2.05) is 25.9 Å². The topological polar surface area (TPSA) is 35.6 Å². The summed E-state index contributed by atoms with van der Waals surface area (Å²) >= 11 is 0. The van der Waals surface area contributed by atoms with E-state index in [9.17, 15) is 9.18 Å². The van der Waals surface area contributed by atoms with Crippen LogP contribution in [0.5, 0.6) is 0 Å². The SMILES string of the molecule is CC(CN(C)C)N1C(=O)CNC1c1ccccc1F. The number of carbonyl (C=O) groups is 1. The van der Waals surface area contributed by atoms with Crippen LogP contribution in [0.15, 0.2) is 24.3 Å². The van der Waals surface area contributed by atoms with Crippen LogP contribution >= 0.6 is 0 Å². The van der Waals surface area contributed by atoms with E-state index in [2.05, 4.69) is 5.32 Å². The van der Waals surface area contributed by atoms with E-state index in [1.54, 1.807) is 23.1 Å². The van der Waals surface area contributed by atoms with Gasteiger partial charge in [-0.3, -0.25) is 10.1 Å². The third-order valence-corrected chi connectivity index (χ3v) is 3.32. The predicted octanol–water partition coefficient (Wildman–Crippen LogP) is 1.21. The number of likely N-dealkylation sites (N-methyl/N-ethyl adjacent to an activating group) is 1. The Balaban J connectivity index is 2.25. The zero-order chi connectivity index (χ0) is 14.0. The Kier molecular flexibility index (Phi) is 4.17.